The summed E-state index contributed by atoms with van der Waals surface area (Å²) >= 11 is 0. The van der Waals surface area contributed by atoms with Gasteiger partial charge in [0.1, 0.15) is 0 Å². The van der Waals surface area contributed by atoms with Crippen LogP contribution in [-0.2, 0) is 4.79 Å². The Labute approximate surface area is 158 Å². The standard InChI is InChI=1S/C24H33NO/c1-23-14-12-20-17(8-11-21-24(20,2)15-13-22(26)25-21)19(23)10-9-18(23)16-6-4-3-5-7-16/h3-7,17-21H,8-15H2,1-2H3,(H,25,26)/t17-,18+,19-,20-,21+,23+,24+/m0/s1. The molecule has 0 unspecified atom stereocenters. The van der Waals surface area contributed by atoms with E-state index in [9.17, 15) is 4.79 Å². The molecule has 5 rings (SSSR count). The average Bonchev–Trinajstić information content (AvgIpc) is 3.00. The van der Waals surface area contributed by atoms with E-state index in [1.165, 1.54) is 38.5 Å². The van der Waals surface area contributed by atoms with Crippen LogP contribution in [0.1, 0.15) is 76.7 Å². The van der Waals surface area contributed by atoms with E-state index in [1.807, 2.05) is 0 Å². The van der Waals surface area contributed by atoms with Gasteiger partial charge in [0.15, 0.2) is 0 Å². The number of carbonyl (C=O) groups is 1. The normalized spacial score (nSPS) is 47.5. The lowest BCUT2D eigenvalue weighted by atomic mass is 9.47. The van der Waals surface area contributed by atoms with Gasteiger partial charge in [0.05, 0.1) is 0 Å². The highest BCUT2D eigenvalue weighted by molar-refractivity contribution is 5.77. The molecule has 1 amide bonds. The summed E-state index contributed by atoms with van der Waals surface area (Å²) in [5.41, 5.74) is 2.38. The first kappa shape index (κ1) is 16.8. The van der Waals surface area contributed by atoms with Crippen molar-refractivity contribution in [1.82, 2.24) is 5.32 Å². The molecule has 0 spiro atoms. The average molecular weight is 352 g/mol. The highest BCUT2D eigenvalue weighted by Crippen LogP contribution is 2.67. The second-order valence-corrected chi connectivity index (χ2v) is 10.2. The molecule has 1 aromatic carbocycles. The molecule has 3 saturated carbocycles. The first-order chi connectivity index (χ1) is 12.5. The Morgan fingerprint density at radius 2 is 1.65 bits per heavy atom. The maximum atomic E-state index is 11.9. The van der Waals surface area contributed by atoms with Crippen LogP contribution in [0, 0.1) is 28.6 Å². The summed E-state index contributed by atoms with van der Waals surface area (Å²) in [7, 11) is 0. The molecule has 4 aliphatic rings. The maximum absolute atomic E-state index is 11.9. The van der Waals surface area contributed by atoms with Crippen molar-refractivity contribution in [3.05, 3.63) is 35.9 Å². The van der Waals surface area contributed by atoms with Gasteiger partial charge in [0.2, 0.25) is 5.91 Å². The zero-order valence-electron chi connectivity index (χ0n) is 16.3. The van der Waals surface area contributed by atoms with Crippen molar-refractivity contribution in [1.29, 1.82) is 0 Å². The highest BCUT2D eigenvalue weighted by Gasteiger charge is 2.60. The van der Waals surface area contributed by atoms with Crippen LogP contribution in [0.15, 0.2) is 30.3 Å². The van der Waals surface area contributed by atoms with Crippen LogP contribution in [-0.4, -0.2) is 11.9 Å². The summed E-state index contributed by atoms with van der Waals surface area (Å²) in [5, 5.41) is 3.36. The number of fused-ring (bicyclic) bond motifs is 5. The molecule has 1 saturated heterocycles. The lowest BCUT2D eigenvalue weighted by Gasteiger charge is -2.60. The summed E-state index contributed by atoms with van der Waals surface area (Å²) in [6, 6.07) is 11.7. The Bertz CT molecular complexity index is 699. The van der Waals surface area contributed by atoms with Gasteiger partial charge < -0.3 is 5.32 Å². The topological polar surface area (TPSA) is 29.1 Å². The SMILES string of the molecule is C[C@]12CCC(=O)N[C@@H]1CC[C@@H]1[C@@H]2CC[C@]2(C)[C@@H](c3ccccc3)CC[C@@H]12. The second kappa shape index (κ2) is 5.84. The van der Waals surface area contributed by atoms with Crippen molar-refractivity contribution in [3.63, 3.8) is 0 Å². The molecule has 0 radical (unpaired) electrons. The van der Waals surface area contributed by atoms with Gasteiger partial charge in [0, 0.05) is 12.5 Å². The van der Waals surface area contributed by atoms with Crippen LogP contribution >= 0.6 is 0 Å². The molecular formula is C24H33NO. The fourth-order valence-electron chi connectivity index (χ4n) is 7.94. The fraction of sp³-hybridized carbons (Fsp3) is 0.708. The second-order valence-electron chi connectivity index (χ2n) is 10.2. The summed E-state index contributed by atoms with van der Waals surface area (Å²) in [5.74, 6) is 3.60. The Hall–Kier alpha value is -1.31. The van der Waals surface area contributed by atoms with Gasteiger partial charge in [-0.05, 0) is 85.0 Å². The highest BCUT2D eigenvalue weighted by atomic mass is 16.1. The smallest absolute Gasteiger partial charge is 0.220 e. The van der Waals surface area contributed by atoms with Gasteiger partial charge in [-0.15, -0.1) is 0 Å². The van der Waals surface area contributed by atoms with E-state index in [-0.39, 0.29) is 5.91 Å². The van der Waals surface area contributed by atoms with E-state index in [1.54, 1.807) is 5.56 Å². The number of amides is 1. The van der Waals surface area contributed by atoms with E-state index in [4.69, 9.17) is 0 Å². The Balaban J connectivity index is 1.44. The van der Waals surface area contributed by atoms with Gasteiger partial charge >= 0.3 is 0 Å². The summed E-state index contributed by atoms with van der Waals surface area (Å²) in [6.07, 6.45) is 9.88. The third kappa shape index (κ3) is 2.26. The minimum absolute atomic E-state index is 0.289. The molecule has 26 heavy (non-hydrogen) atoms. The molecule has 2 nitrogen and oxygen atoms in total. The molecule has 2 heteroatoms. The summed E-state index contributed by atoms with van der Waals surface area (Å²) < 4.78 is 0. The number of rotatable bonds is 1. The number of hydrogen-bond donors (Lipinski definition) is 1. The van der Waals surface area contributed by atoms with Crippen LogP contribution < -0.4 is 5.32 Å². The third-order valence-corrected chi connectivity index (χ3v) is 9.30. The molecule has 140 valence electrons. The zero-order chi connectivity index (χ0) is 17.9. The third-order valence-electron chi connectivity index (χ3n) is 9.30. The maximum Gasteiger partial charge on any atom is 0.220 e. The number of benzene rings is 1. The van der Waals surface area contributed by atoms with E-state index >= 15 is 0 Å². The van der Waals surface area contributed by atoms with Crippen molar-refractivity contribution in [2.75, 3.05) is 0 Å². The van der Waals surface area contributed by atoms with Gasteiger partial charge in [0.25, 0.3) is 0 Å². The summed E-state index contributed by atoms with van der Waals surface area (Å²) in [6.45, 7) is 5.11. The van der Waals surface area contributed by atoms with Crippen molar-refractivity contribution in [2.45, 2.75) is 77.2 Å². The van der Waals surface area contributed by atoms with Crippen LogP contribution in [0.5, 0.6) is 0 Å². The minimum Gasteiger partial charge on any atom is -0.353 e. The zero-order valence-corrected chi connectivity index (χ0v) is 16.3. The molecule has 3 aliphatic carbocycles. The minimum atomic E-state index is 0.289. The lowest BCUT2D eigenvalue weighted by molar-refractivity contribution is -0.136. The van der Waals surface area contributed by atoms with Crippen molar-refractivity contribution in [3.8, 4) is 0 Å². The van der Waals surface area contributed by atoms with E-state index < -0.39 is 0 Å². The van der Waals surface area contributed by atoms with E-state index in [0.29, 0.717) is 16.9 Å². The Kier molecular flexibility index (Phi) is 3.78. The van der Waals surface area contributed by atoms with Crippen LogP contribution in [0.3, 0.4) is 0 Å². The summed E-state index contributed by atoms with van der Waals surface area (Å²) in [4.78, 5) is 11.9. The van der Waals surface area contributed by atoms with Crippen molar-refractivity contribution >= 4 is 5.91 Å². The number of carbonyl (C=O) groups excluding carboxylic acids is 1. The fourth-order valence-corrected chi connectivity index (χ4v) is 7.94. The molecular weight excluding hydrogens is 318 g/mol. The quantitative estimate of drug-likeness (QED) is 0.731. The largest absolute Gasteiger partial charge is 0.353 e. The molecule has 4 fully saturated rings. The van der Waals surface area contributed by atoms with E-state index in [0.717, 1.165) is 36.5 Å². The Morgan fingerprint density at radius 1 is 0.885 bits per heavy atom. The predicted molar refractivity (Wildman–Crippen MR) is 105 cm³/mol. The van der Waals surface area contributed by atoms with Gasteiger partial charge in [-0.1, -0.05) is 44.2 Å². The monoisotopic (exact) mass is 351 g/mol. The van der Waals surface area contributed by atoms with Gasteiger partial charge in [-0.25, -0.2) is 0 Å². The molecule has 1 N–H and O–H groups in total. The van der Waals surface area contributed by atoms with Gasteiger partial charge in [-0.3, -0.25) is 4.79 Å². The molecule has 1 heterocycles. The van der Waals surface area contributed by atoms with Crippen molar-refractivity contribution in [2.24, 2.45) is 28.6 Å². The van der Waals surface area contributed by atoms with Crippen molar-refractivity contribution < 1.29 is 4.79 Å². The van der Waals surface area contributed by atoms with E-state index in [2.05, 4.69) is 49.5 Å². The van der Waals surface area contributed by atoms with Gasteiger partial charge in [-0.2, -0.15) is 0 Å². The number of hydrogen-bond acceptors (Lipinski definition) is 1. The Morgan fingerprint density at radius 3 is 2.46 bits per heavy atom. The number of piperidine rings is 1. The lowest BCUT2D eigenvalue weighted by Crippen LogP contribution is -2.60. The predicted octanol–water partition coefficient (Wildman–Crippen LogP) is 5.29. The molecule has 7 atom stereocenters. The molecule has 1 aliphatic heterocycles. The molecule has 0 bridgehead atoms. The van der Waals surface area contributed by atoms with Crippen LogP contribution in [0.25, 0.3) is 0 Å². The molecule has 1 aromatic rings. The first-order valence-corrected chi connectivity index (χ1v) is 10.9. The molecule has 0 aromatic heterocycles. The number of nitrogens with one attached hydrogen (secondary N) is 1. The van der Waals surface area contributed by atoms with Crippen LogP contribution in [0.2, 0.25) is 0 Å². The van der Waals surface area contributed by atoms with Crippen LogP contribution in [0.4, 0.5) is 0 Å². The first-order valence-electron chi connectivity index (χ1n) is 10.9.